The van der Waals surface area contributed by atoms with Gasteiger partial charge in [-0.15, -0.1) is 0 Å². The van der Waals surface area contributed by atoms with Gasteiger partial charge < -0.3 is 19.8 Å². The number of carbonyl (C=O) groups excluding carboxylic acids is 1. The number of pyridine rings is 1. The summed E-state index contributed by atoms with van der Waals surface area (Å²) in [5.41, 5.74) is 1.33. The monoisotopic (exact) mass is 428 g/mol. The van der Waals surface area contributed by atoms with Crippen molar-refractivity contribution in [3.63, 3.8) is 0 Å². The molecule has 2 N–H and O–H groups in total. The van der Waals surface area contributed by atoms with E-state index in [4.69, 9.17) is 16.3 Å². The quantitative estimate of drug-likeness (QED) is 0.601. The third-order valence-electron chi connectivity index (χ3n) is 5.19. The molecule has 0 saturated heterocycles. The summed E-state index contributed by atoms with van der Waals surface area (Å²) in [6.45, 7) is 0. The Morgan fingerprint density at radius 3 is 2.70 bits per heavy atom. The van der Waals surface area contributed by atoms with Crippen molar-refractivity contribution < 1.29 is 14.3 Å². The molecule has 1 aromatic carbocycles. The Balaban J connectivity index is 1.48. The summed E-state index contributed by atoms with van der Waals surface area (Å²) in [4.78, 5) is 35.5. The van der Waals surface area contributed by atoms with Crippen molar-refractivity contribution in [2.75, 3.05) is 12.4 Å². The number of benzene rings is 1. The zero-order chi connectivity index (χ0) is 21.1. The Bertz CT molecular complexity index is 1130. The maximum atomic E-state index is 12.6. The van der Waals surface area contributed by atoms with Gasteiger partial charge in [0.15, 0.2) is 0 Å². The number of aromatic amines is 1. The average molecular weight is 429 g/mol. The summed E-state index contributed by atoms with van der Waals surface area (Å²) in [5, 5.41) is 4.52. The van der Waals surface area contributed by atoms with E-state index in [0.717, 1.165) is 25.7 Å². The third-order valence-corrected chi connectivity index (χ3v) is 5.52. The van der Waals surface area contributed by atoms with Crippen molar-refractivity contribution in [3.05, 3.63) is 51.9 Å². The van der Waals surface area contributed by atoms with Crippen molar-refractivity contribution >= 4 is 34.7 Å². The number of nitrogens with one attached hydrogen (secondary N) is 2. The predicted octanol–water partition coefficient (Wildman–Crippen LogP) is 4.14. The molecule has 0 spiro atoms. The lowest BCUT2D eigenvalue weighted by atomic mass is 9.93. The highest BCUT2D eigenvalue weighted by molar-refractivity contribution is 6.33. The molecule has 1 fully saturated rings. The predicted molar refractivity (Wildman–Crippen MR) is 114 cm³/mol. The molecule has 1 saturated carbocycles. The van der Waals surface area contributed by atoms with E-state index in [0.29, 0.717) is 33.1 Å². The highest BCUT2D eigenvalue weighted by Gasteiger charge is 2.24. The summed E-state index contributed by atoms with van der Waals surface area (Å²) in [6.07, 6.45) is 3.98. The minimum atomic E-state index is -0.649. The van der Waals surface area contributed by atoms with Crippen LogP contribution >= 0.6 is 11.6 Å². The topological polar surface area (TPSA) is 106 Å². The van der Waals surface area contributed by atoms with E-state index >= 15 is 0 Å². The van der Waals surface area contributed by atoms with Gasteiger partial charge in [-0.25, -0.2) is 9.78 Å². The number of carbonyl (C=O) groups is 1. The molecule has 9 heteroatoms. The smallest absolute Gasteiger partial charge is 0.438 e. The van der Waals surface area contributed by atoms with E-state index in [1.54, 1.807) is 24.4 Å². The maximum Gasteiger partial charge on any atom is 0.508 e. The number of methoxy groups -OCH3 is 1. The number of hydrogen-bond donors (Lipinski definition) is 2. The Morgan fingerprint density at radius 1 is 1.20 bits per heavy atom. The van der Waals surface area contributed by atoms with Crippen LogP contribution in [0.3, 0.4) is 0 Å². The number of anilines is 1. The van der Waals surface area contributed by atoms with E-state index in [1.165, 1.54) is 7.11 Å². The van der Waals surface area contributed by atoms with E-state index in [2.05, 4.69) is 25.0 Å². The van der Waals surface area contributed by atoms with Crippen LogP contribution in [0.25, 0.3) is 22.2 Å². The van der Waals surface area contributed by atoms with Crippen LogP contribution in [0.15, 0.2) is 41.3 Å². The number of fused-ring (bicyclic) bond motifs is 1. The second-order valence-corrected chi connectivity index (χ2v) is 7.59. The zero-order valence-corrected chi connectivity index (χ0v) is 17.1. The molecular weight excluding hydrogens is 408 g/mol. The van der Waals surface area contributed by atoms with Gasteiger partial charge in [0.2, 0.25) is 5.95 Å². The van der Waals surface area contributed by atoms with Crippen LogP contribution in [0.5, 0.6) is 0 Å². The summed E-state index contributed by atoms with van der Waals surface area (Å²) in [5.74, 6) is 0.445. The lowest BCUT2D eigenvalue weighted by Gasteiger charge is -2.28. The van der Waals surface area contributed by atoms with Gasteiger partial charge in [-0.3, -0.25) is 4.79 Å². The summed E-state index contributed by atoms with van der Waals surface area (Å²) in [6, 6.07) is 9.10. The summed E-state index contributed by atoms with van der Waals surface area (Å²) < 4.78 is 9.73. The van der Waals surface area contributed by atoms with E-state index in [1.807, 2.05) is 12.1 Å². The molecule has 0 unspecified atom stereocenters. The molecule has 0 amide bonds. The van der Waals surface area contributed by atoms with Gasteiger partial charge in [-0.2, -0.15) is 4.98 Å². The number of rotatable bonds is 4. The SMILES string of the molecule is COC(=O)OC1CCC(Nc2ncc3cc(-c4ccccc4Cl)c(=O)[nH]c3n2)CC1. The first-order valence-electron chi connectivity index (χ1n) is 9.69. The molecule has 0 radical (unpaired) electrons. The minimum absolute atomic E-state index is 0.132. The van der Waals surface area contributed by atoms with Crippen molar-refractivity contribution in [3.8, 4) is 11.1 Å². The summed E-state index contributed by atoms with van der Waals surface area (Å²) >= 11 is 6.23. The lowest BCUT2D eigenvalue weighted by molar-refractivity contribution is 0.0218. The molecule has 2 heterocycles. The summed E-state index contributed by atoms with van der Waals surface area (Å²) in [7, 11) is 1.30. The molecule has 0 aliphatic heterocycles. The number of hydrogen-bond acceptors (Lipinski definition) is 7. The van der Waals surface area contributed by atoms with Gasteiger partial charge in [0, 0.05) is 33.8 Å². The number of ether oxygens (including phenoxy) is 2. The molecular formula is C21H21ClN4O4. The van der Waals surface area contributed by atoms with Crippen LogP contribution in [0, 0.1) is 0 Å². The zero-order valence-electron chi connectivity index (χ0n) is 16.4. The van der Waals surface area contributed by atoms with Gasteiger partial charge in [0.1, 0.15) is 11.8 Å². The number of H-pyrrole nitrogens is 1. The standard InChI is InChI=1S/C21H21ClN4O4/c1-29-21(28)30-14-8-6-13(7-9-14)24-20-23-11-12-10-16(19(27)25-18(12)26-20)15-4-2-3-5-17(15)22/h2-5,10-11,13-14H,6-9H2,1H3,(H2,23,24,25,26,27). The van der Waals surface area contributed by atoms with Crippen LogP contribution in [-0.4, -0.2) is 40.4 Å². The van der Waals surface area contributed by atoms with Crippen molar-refractivity contribution in [1.82, 2.24) is 15.0 Å². The lowest BCUT2D eigenvalue weighted by Crippen LogP contribution is -2.31. The number of aromatic nitrogens is 3. The van der Waals surface area contributed by atoms with Gasteiger partial charge in [-0.1, -0.05) is 29.8 Å². The molecule has 4 rings (SSSR count). The molecule has 30 heavy (non-hydrogen) atoms. The maximum absolute atomic E-state index is 12.6. The van der Waals surface area contributed by atoms with Gasteiger partial charge in [0.05, 0.1) is 7.11 Å². The first kappa shape index (κ1) is 20.2. The Morgan fingerprint density at radius 2 is 1.97 bits per heavy atom. The Hall–Kier alpha value is -3.13. The Labute approximate surface area is 177 Å². The molecule has 0 bridgehead atoms. The van der Waals surface area contributed by atoms with Crippen LogP contribution in [0.2, 0.25) is 5.02 Å². The fraction of sp³-hybridized carbons (Fsp3) is 0.333. The second kappa shape index (κ2) is 8.71. The molecule has 156 valence electrons. The Kier molecular flexibility index (Phi) is 5.85. The van der Waals surface area contributed by atoms with Crippen LogP contribution in [0.1, 0.15) is 25.7 Å². The van der Waals surface area contributed by atoms with E-state index in [9.17, 15) is 9.59 Å². The van der Waals surface area contributed by atoms with Crippen molar-refractivity contribution in [2.45, 2.75) is 37.8 Å². The minimum Gasteiger partial charge on any atom is -0.438 e. The van der Waals surface area contributed by atoms with E-state index in [-0.39, 0.29) is 17.7 Å². The van der Waals surface area contributed by atoms with Crippen LogP contribution in [-0.2, 0) is 9.47 Å². The van der Waals surface area contributed by atoms with Crippen molar-refractivity contribution in [1.29, 1.82) is 0 Å². The van der Waals surface area contributed by atoms with Gasteiger partial charge in [0.25, 0.3) is 5.56 Å². The fourth-order valence-electron chi connectivity index (χ4n) is 3.63. The van der Waals surface area contributed by atoms with Crippen LogP contribution in [0.4, 0.5) is 10.7 Å². The molecule has 1 aliphatic carbocycles. The first-order chi connectivity index (χ1) is 14.5. The fourth-order valence-corrected chi connectivity index (χ4v) is 3.87. The molecule has 1 aliphatic rings. The van der Waals surface area contributed by atoms with Crippen molar-refractivity contribution in [2.24, 2.45) is 0 Å². The molecule has 8 nitrogen and oxygen atoms in total. The number of nitrogens with zero attached hydrogens (tertiary/aromatic N) is 2. The van der Waals surface area contributed by atoms with Gasteiger partial charge >= 0.3 is 6.16 Å². The molecule has 0 atom stereocenters. The van der Waals surface area contributed by atoms with Gasteiger partial charge in [-0.05, 0) is 37.8 Å². The number of halogens is 1. The highest BCUT2D eigenvalue weighted by Crippen LogP contribution is 2.27. The van der Waals surface area contributed by atoms with Crippen LogP contribution < -0.4 is 10.9 Å². The first-order valence-corrected chi connectivity index (χ1v) is 10.1. The van der Waals surface area contributed by atoms with E-state index < -0.39 is 6.16 Å². The highest BCUT2D eigenvalue weighted by atomic mass is 35.5. The second-order valence-electron chi connectivity index (χ2n) is 7.18. The molecule has 3 aromatic rings. The average Bonchev–Trinajstić information content (AvgIpc) is 2.75. The largest absolute Gasteiger partial charge is 0.508 e. The molecule has 2 aromatic heterocycles. The third kappa shape index (κ3) is 4.38. The normalized spacial score (nSPS) is 18.7.